The first kappa shape index (κ1) is 14.2. The number of hydrogen-bond donors (Lipinski definition) is 3. The van der Waals surface area contributed by atoms with E-state index in [9.17, 15) is 9.90 Å². The number of aliphatic carboxylic acids is 1. The first-order valence-electron chi connectivity index (χ1n) is 6.23. The predicted molar refractivity (Wildman–Crippen MR) is 72.8 cm³/mol. The molecule has 20 heavy (non-hydrogen) atoms. The molecule has 1 atom stereocenters. The molecule has 1 aromatic carbocycles. The van der Waals surface area contributed by atoms with Gasteiger partial charge < -0.3 is 10.2 Å². The van der Waals surface area contributed by atoms with Crippen LogP contribution in [-0.2, 0) is 17.9 Å². The minimum atomic E-state index is -0.913. The van der Waals surface area contributed by atoms with Crippen molar-refractivity contribution in [1.29, 1.82) is 0 Å². The van der Waals surface area contributed by atoms with Crippen LogP contribution in [0.15, 0.2) is 36.5 Å². The summed E-state index contributed by atoms with van der Waals surface area (Å²) in [5.74, 6) is -0.913. The highest BCUT2D eigenvalue weighted by Gasteiger charge is 2.24. The van der Waals surface area contributed by atoms with Crippen LogP contribution >= 0.6 is 0 Å². The highest BCUT2D eigenvalue weighted by atomic mass is 16.4. The predicted octanol–water partition coefficient (Wildman–Crippen LogP) is 1.16. The van der Waals surface area contributed by atoms with Gasteiger partial charge in [0, 0.05) is 18.4 Å². The number of likely N-dealkylation sites (N-methyl/N-ethyl adjacent to an activating group) is 1. The van der Waals surface area contributed by atoms with E-state index in [1.165, 1.54) is 0 Å². The number of carboxylic acids is 1. The first-order valence-corrected chi connectivity index (χ1v) is 6.23. The molecular formula is C14H17N3O3. The van der Waals surface area contributed by atoms with Crippen molar-refractivity contribution < 1.29 is 15.0 Å². The van der Waals surface area contributed by atoms with Crippen molar-refractivity contribution in [3.63, 3.8) is 0 Å². The Morgan fingerprint density at radius 2 is 2.05 bits per heavy atom. The third kappa shape index (κ3) is 3.23. The topological polar surface area (TPSA) is 89.5 Å². The minimum absolute atomic E-state index is 0.0536. The third-order valence-corrected chi connectivity index (χ3v) is 3.13. The van der Waals surface area contributed by atoms with Crippen LogP contribution in [-0.4, -0.2) is 38.3 Å². The van der Waals surface area contributed by atoms with Crippen LogP contribution in [0, 0.1) is 0 Å². The number of carboxylic acid groups (broad SMARTS) is 1. The summed E-state index contributed by atoms with van der Waals surface area (Å²) >= 11 is 0. The van der Waals surface area contributed by atoms with Crippen LogP contribution in [0.5, 0.6) is 0 Å². The SMILES string of the molecule is CN(Cc1ccn[nH]1)[C@H](C(=O)O)c1ccc(CO)cc1. The van der Waals surface area contributed by atoms with Crippen molar-refractivity contribution in [2.45, 2.75) is 19.2 Å². The Hall–Kier alpha value is -2.18. The number of aromatic amines is 1. The molecule has 3 N–H and O–H groups in total. The average molecular weight is 275 g/mol. The lowest BCUT2D eigenvalue weighted by atomic mass is 10.0. The van der Waals surface area contributed by atoms with Crippen molar-refractivity contribution in [2.24, 2.45) is 0 Å². The summed E-state index contributed by atoms with van der Waals surface area (Å²) in [6, 6.07) is 7.99. The minimum Gasteiger partial charge on any atom is -0.480 e. The van der Waals surface area contributed by atoms with Gasteiger partial charge in [-0.2, -0.15) is 5.10 Å². The summed E-state index contributed by atoms with van der Waals surface area (Å²) in [5.41, 5.74) is 2.29. The van der Waals surface area contributed by atoms with Gasteiger partial charge in [-0.1, -0.05) is 24.3 Å². The van der Waals surface area contributed by atoms with Crippen molar-refractivity contribution in [2.75, 3.05) is 7.05 Å². The van der Waals surface area contributed by atoms with Crippen molar-refractivity contribution in [1.82, 2.24) is 15.1 Å². The highest BCUT2D eigenvalue weighted by Crippen LogP contribution is 2.21. The average Bonchev–Trinajstić information content (AvgIpc) is 2.92. The van der Waals surface area contributed by atoms with Crippen molar-refractivity contribution in [3.8, 4) is 0 Å². The summed E-state index contributed by atoms with van der Waals surface area (Å²) in [7, 11) is 1.75. The number of nitrogens with one attached hydrogen (secondary N) is 1. The molecule has 0 aliphatic heterocycles. The fraction of sp³-hybridized carbons (Fsp3) is 0.286. The van der Waals surface area contributed by atoms with E-state index in [0.29, 0.717) is 12.1 Å². The van der Waals surface area contributed by atoms with E-state index in [-0.39, 0.29) is 6.61 Å². The van der Waals surface area contributed by atoms with Crippen LogP contribution in [0.1, 0.15) is 22.9 Å². The van der Waals surface area contributed by atoms with Crippen molar-refractivity contribution >= 4 is 5.97 Å². The number of aliphatic hydroxyl groups is 1. The molecule has 0 spiro atoms. The zero-order valence-electron chi connectivity index (χ0n) is 11.2. The molecule has 0 saturated heterocycles. The maximum atomic E-state index is 11.5. The van der Waals surface area contributed by atoms with Gasteiger partial charge in [0.15, 0.2) is 0 Å². The lowest BCUT2D eigenvalue weighted by Gasteiger charge is -2.24. The van der Waals surface area contributed by atoms with E-state index >= 15 is 0 Å². The number of carbonyl (C=O) groups is 1. The van der Waals surface area contributed by atoms with Crippen LogP contribution in [0.25, 0.3) is 0 Å². The van der Waals surface area contributed by atoms with Gasteiger partial charge in [0.1, 0.15) is 6.04 Å². The molecular weight excluding hydrogens is 258 g/mol. The number of H-pyrrole nitrogens is 1. The fourth-order valence-corrected chi connectivity index (χ4v) is 2.12. The number of nitrogens with zero attached hydrogens (tertiary/aromatic N) is 2. The first-order chi connectivity index (χ1) is 9.61. The van der Waals surface area contributed by atoms with Crippen molar-refractivity contribution in [3.05, 3.63) is 53.3 Å². The number of aromatic nitrogens is 2. The molecule has 0 radical (unpaired) electrons. The normalized spacial score (nSPS) is 12.6. The fourth-order valence-electron chi connectivity index (χ4n) is 2.12. The van der Waals surface area contributed by atoms with E-state index in [1.807, 2.05) is 6.07 Å². The molecule has 1 aromatic heterocycles. The molecule has 106 valence electrons. The molecule has 0 unspecified atom stereocenters. The van der Waals surface area contributed by atoms with Gasteiger partial charge in [-0.3, -0.25) is 14.8 Å². The zero-order chi connectivity index (χ0) is 14.5. The quantitative estimate of drug-likeness (QED) is 0.736. The Kier molecular flexibility index (Phi) is 4.49. The largest absolute Gasteiger partial charge is 0.480 e. The van der Waals surface area contributed by atoms with Gasteiger partial charge in [-0.25, -0.2) is 0 Å². The molecule has 0 bridgehead atoms. The Labute approximate surface area is 116 Å². The number of benzene rings is 1. The molecule has 0 aliphatic carbocycles. The smallest absolute Gasteiger partial charge is 0.325 e. The standard InChI is InChI=1S/C14H17N3O3/c1-17(8-12-6-7-15-16-12)13(14(19)20)11-4-2-10(9-18)3-5-11/h2-7,13,18H,8-9H2,1H3,(H,15,16)(H,19,20)/t13-/m0/s1. The molecule has 6 nitrogen and oxygen atoms in total. The van der Waals surface area contributed by atoms with Gasteiger partial charge in [-0.05, 0) is 24.2 Å². The lowest BCUT2D eigenvalue weighted by Crippen LogP contribution is -2.30. The molecule has 1 heterocycles. The highest BCUT2D eigenvalue weighted by molar-refractivity contribution is 5.75. The molecule has 0 saturated carbocycles. The Bertz CT molecular complexity index is 552. The van der Waals surface area contributed by atoms with Crippen LogP contribution < -0.4 is 0 Å². The maximum Gasteiger partial charge on any atom is 0.325 e. The summed E-state index contributed by atoms with van der Waals surface area (Å²) in [6.07, 6.45) is 1.63. The molecule has 2 aromatic rings. The third-order valence-electron chi connectivity index (χ3n) is 3.13. The van der Waals surface area contributed by atoms with Gasteiger partial charge >= 0.3 is 5.97 Å². The van der Waals surface area contributed by atoms with E-state index in [1.54, 1.807) is 42.4 Å². The van der Waals surface area contributed by atoms with E-state index in [2.05, 4.69) is 10.2 Å². The van der Waals surface area contributed by atoms with Crippen LogP contribution in [0.4, 0.5) is 0 Å². The van der Waals surface area contributed by atoms with Crippen LogP contribution in [0.2, 0.25) is 0 Å². The van der Waals surface area contributed by atoms with E-state index < -0.39 is 12.0 Å². The van der Waals surface area contributed by atoms with Gasteiger partial charge in [-0.15, -0.1) is 0 Å². The molecule has 2 rings (SSSR count). The van der Waals surface area contributed by atoms with Gasteiger partial charge in [0.2, 0.25) is 0 Å². The monoisotopic (exact) mass is 275 g/mol. The molecule has 0 aliphatic rings. The summed E-state index contributed by atoms with van der Waals surface area (Å²) in [6.45, 7) is 0.403. The van der Waals surface area contributed by atoms with Gasteiger partial charge in [0.05, 0.1) is 6.61 Å². The second-order valence-electron chi connectivity index (χ2n) is 4.64. The van der Waals surface area contributed by atoms with Crippen LogP contribution in [0.3, 0.4) is 0 Å². The zero-order valence-corrected chi connectivity index (χ0v) is 11.2. The summed E-state index contributed by atoms with van der Waals surface area (Å²) in [5, 5.41) is 25.1. The second kappa shape index (κ2) is 6.31. The summed E-state index contributed by atoms with van der Waals surface area (Å²) in [4.78, 5) is 13.2. The second-order valence-corrected chi connectivity index (χ2v) is 4.64. The number of rotatable bonds is 6. The summed E-state index contributed by atoms with van der Waals surface area (Å²) < 4.78 is 0. The maximum absolute atomic E-state index is 11.5. The van der Waals surface area contributed by atoms with E-state index in [4.69, 9.17) is 5.11 Å². The lowest BCUT2D eigenvalue weighted by molar-refractivity contribution is -0.143. The Morgan fingerprint density at radius 3 is 2.55 bits per heavy atom. The number of hydrogen-bond acceptors (Lipinski definition) is 4. The van der Waals surface area contributed by atoms with E-state index in [0.717, 1.165) is 11.3 Å². The Balaban J connectivity index is 2.19. The number of aliphatic hydroxyl groups excluding tert-OH is 1. The molecule has 0 amide bonds. The Morgan fingerprint density at radius 1 is 1.35 bits per heavy atom. The molecule has 6 heteroatoms. The molecule has 0 fully saturated rings. The van der Waals surface area contributed by atoms with Gasteiger partial charge in [0.25, 0.3) is 0 Å².